The maximum Gasteiger partial charge on any atom is 0.119 e. The molecule has 41 heavy (non-hydrogen) atoms. The lowest BCUT2D eigenvalue weighted by molar-refractivity contribution is 0.0439. The Hall–Kier alpha value is -2.80. The third-order valence-corrected chi connectivity index (χ3v) is 10.3. The summed E-state index contributed by atoms with van der Waals surface area (Å²) in [5, 5.41) is 12.1. The minimum absolute atomic E-state index is 0.00486. The summed E-state index contributed by atoms with van der Waals surface area (Å²) >= 11 is 3.87. The fraction of sp³-hybridized carbons (Fsp3) is 0.371. The second kappa shape index (κ2) is 14.4. The van der Waals surface area contributed by atoms with Crippen molar-refractivity contribution >= 4 is 23.5 Å². The molecule has 1 N–H and O–H groups in total. The summed E-state index contributed by atoms with van der Waals surface area (Å²) in [5.41, 5.74) is 5.13. The Morgan fingerprint density at radius 3 is 2.34 bits per heavy atom. The first-order valence-electron chi connectivity index (χ1n) is 14.3. The Kier molecular flexibility index (Phi) is 10.4. The van der Waals surface area contributed by atoms with E-state index in [0.29, 0.717) is 12.4 Å². The second-order valence-electron chi connectivity index (χ2n) is 10.7. The average molecular weight is 589 g/mol. The van der Waals surface area contributed by atoms with Gasteiger partial charge < -0.3 is 19.3 Å². The van der Waals surface area contributed by atoms with Crippen LogP contribution >= 0.6 is 23.5 Å². The summed E-state index contributed by atoms with van der Waals surface area (Å²) in [6.45, 7) is 0.637. The van der Waals surface area contributed by atoms with Crippen molar-refractivity contribution in [1.29, 1.82) is 0 Å². The lowest BCUT2D eigenvalue weighted by atomic mass is 9.84. The zero-order valence-electron chi connectivity index (χ0n) is 24.0. The lowest BCUT2D eigenvalue weighted by Crippen LogP contribution is -2.33. The quantitative estimate of drug-likeness (QED) is 0.193. The number of aliphatic hydroxyl groups is 1. The molecule has 0 aromatic heterocycles. The van der Waals surface area contributed by atoms with Gasteiger partial charge in [0.15, 0.2) is 0 Å². The SMILES string of the molecule is COc1ccc(C2Cc3cc(OC)ccc3C2(O)CSCCCSCC2=CC=C(OCc3ccccc3)CC2)cc1. The second-order valence-corrected chi connectivity index (χ2v) is 12.9. The van der Waals surface area contributed by atoms with Crippen molar-refractivity contribution in [3.8, 4) is 11.5 Å². The minimum atomic E-state index is -0.909. The number of methoxy groups -OCH3 is 2. The molecule has 0 heterocycles. The van der Waals surface area contributed by atoms with Gasteiger partial charge in [0.1, 0.15) is 23.7 Å². The molecule has 2 unspecified atom stereocenters. The van der Waals surface area contributed by atoms with Gasteiger partial charge in [0.05, 0.1) is 20.0 Å². The predicted molar refractivity (Wildman–Crippen MR) is 172 cm³/mol. The molecule has 0 amide bonds. The number of hydrogen-bond acceptors (Lipinski definition) is 6. The van der Waals surface area contributed by atoms with Gasteiger partial charge in [-0.1, -0.05) is 60.2 Å². The van der Waals surface area contributed by atoms with Crippen molar-refractivity contribution in [2.45, 2.75) is 43.8 Å². The summed E-state index contributed by atoms with van der Waals surface area (Å²) in [7, 11) is 3.37. The third-order valence-electron chi connectivity index (χ3n) is 7.95. The van der Waals surface area contributed by atoms with E-state index in [4.69, 9.17) is 14.2 Å². The van der Waals surface area contributed by atoms with Crippen LogP contribution in [0.4, 0.5) is 0 Å². The van der Waals surface area contributed by atoms with E-state index in [9.17, 15) is 5.11 Å². The first-order valence-corrected chi connectivity index (χ1v) is 16.6. The fourth-order valence-electron chi connectivity index (χ4n) is 5.62. The molecule has 5 rings (SSSR count). The molecule has 6 heteroatoms. The number of ether oxygens (including phenoxy) is 3. The monoisotopic (exact) mass is 588 g/mol. The number of rotatable bonds is 14. The van der Waals surface area contributed by atoms with Crippen LogP contribution in [-0.2, 0) is 23.4 Å². The molecular formula is C35H40O4S2. The molecule has 3 aromatic carbocycles. The number of thioether (sulfide) groups is 2. The fourth-order valence-corrected chi connectivity index (χ4v) is 7.96. The highest BCUT2D eigenvalue weighted by molar-refractivity contribution is 8.00. The van der Waals surface area contributed by atoms with Crippen molar-refractivity contribution in [2.24, 2.45) is 0 Å². The summed E-state index contributed by atoms with van der Waals surface area (Å²) in [5.74, 6) is 6.67. The highest BCUT2D eigenvalue weighted by atomic mass is 32.2. The van der Waals surface area contributed by atoms with Gasteiger partial charge in [0.2, 0.25) is 0 Å². The normalized spacial score (nSPS) is 19.7. The van der Waals surface area contributed by atoms with Crippen LogP contribution < -0.4 is 9.47 Å². The molecule has 0 spiro atoms. The average Bonchev–Trinajstić information content (AvgIpc) is 3.32. The highest BCUT2D eigenvalue weighted by Gasteiger charge is 2.46. The lowest BCUT2D eigenvalue weighted by Gasteiger charge is -2.31. The number of fused-ring (bicyclic) bond motifs is 1. The van der Waals surface area contributed by atoms with Crippen LogP contribution in [0.1, 0.15) is 47.4 Å². The molecule has 0 bridgehead atoms. The van der Waals surface area contributed by atoms with Gasteiger partial charge in [-0.2, -0.15) is 23.5 Å². The van der Waals surface area contributed by atoms with E-state index in [1.165, 1.54) is 16.7 Å². The first-order chi connectivity index (χ1) is 20.1. The molecule has 0 saturated heterocycles. The van der Waals surface area contributed by atoms with Crippen LogP contribution in [0.15, 0.2) is 96.3 Å². The maximum absolute atomic E-state index is 12.1. The van der Waals surface area contributed by atoms with Crippen molar-refractivity contribution in [2.75, 3.05) is 37.2 Å². The van der Waals surface area contributed by atoms with Crippen LogP contribution in [0.3, 0.4) is 0 Å². The number of benzene rings is 3. The van der Waals surface area contributed by atoms with Gasteiger partial charge in [-0.05, 0) is 83.4 Å². The Morgan fingerprint density at radius 2 is 1.61 bits per heavy atom. The van der Waals surface area contributed by atoms with Crippen LogP contribution in [0.5, 0.6) is 11.5 Å². The van der Waals surface area contributed by atoms with Gasteiger partial charge in [-0.25, -0.2) is 0 Å². The van der Waals surface area contributed by atoms with Crippen molar-refractivity contribution in [1.82, 2.24) is 0 Å². The number of hydrogen-bond donors (Lipinski definition) is 1. The Bertz CT molecular complexity index is 1340. The molecule has 0 radical (unpaired) electrons. The van der Waals surface area contributed by atoms with E-state index >= 15 is 0 Å². The standard InChI is InChI=1S/C35H40O4S2/c1-37-30-15-11-28(12-16-30)34-22-29-21-32(38-2)17-18-33(29)35(34,36)25-41-20-6-19-40-24-27-9-13-31(14-10-27)39-23-26-7-4-3-5-8-26/h3-5,7-9,11-13,15-18,21,34,36H,6,10,14,19-20,22-25H2,1-2H3. The predicted octanol–water partition coefficient (Wildman–Crippen LogP) is 7.91. The molecule has 2 atom stereocenters. The van der Waals surface area contributed by atoms with Crippen LogP contribution in [0.25, 0.3) is 0 Å². The van der Waals surface area contributed by atoms with Gasteiger partial charge in [-0.15, -0.1) is 0 Å². The highest BCUT2D eigenvalue weighted by Crippen LogP contribution is 2.49. The molecule has 0 aliphatic heterocycles. The van der Waals surface area contributed by atoms with E-state index in [-0.39, 0.29) is 5.92 Å². The van der Waals surface area contributed by atoms with Crippen molar-refractivity contribution in [3.63, 3.8) is 0 Å². The molecule has 4 nitrogen and oxygen atoms in total. The summed E-state index contributed by atoms with van der Waals surface area (Å²) in [6, 6.07) is 24.6. The van der Waals surface area contributed by atoms with Crippen LogP contribution in [0.2, 0.25) is 0 Å². The van der Waals surface area contributed by atoms with Gasteiger partial charge >= 0.3 is 0 Å². The van der Waals surface area contributed by atoms with Gasteiger partial charge in [0, 0.05) is 23.8 Å². The molecule has 2 aliphatic carbocycles. The van der Waals surface area contributed by atoms with E-state index in [1.54, 1.807) is 14.2 Å². The molecular weight excluding hydrogens is 549 g/mol. The first kappa shape index (κ1) is 29.7. The van der Waals surface area contributed by atoms with Crippen LogP contribution in [0, 0.1) is 0 Å². The summed E-state index contributed by atoms with van der Waals surface area (Å²) < 4.78 is 16.8. The largest absolute Gasteiger partial charge is 0.497 e. The topological polar surface area (TPSA) is 47.9 Å². The number of allylic oxidation sites excluding steroid dienone is 3. The molecule has 2 aliphatic rings. The Morgan fingerprint density at radius 1 is 0.854 bits per heavy atom. The Balaban J connectivity index is 1.08. The van der Waals surface area contributed by atoms with Gasteiger partial charge in [-0.3, -0.25) is 0 Å². The molecule has 0 fully saturated rings. The Labute approximate surface area is 253 Å². The summed E-state index contributed by atoms with van der Waals surface area (Å²) in [4.78, 5) is 0. The molecule has 216 valence electrons. The zero-order chi connectivity index (χ0) is 28.5. The smallest absolute Gasteiger partial charge is 0.119 e. The van der Waals surface area contributed by atoms with Crippen molar-refractivity contribution < 1.29 is 19.3 Å². The van der Waals surface area contributed by atoms with Gasteiger partial charge in [0.25, 0.3) is 0 Å². The van der Waals surface area contributed by atoms with E-state index in [1.807, 2.05) is 59.9 Å². The van der Waals surface area contributed by atoms with E-state index in [0.717, 1.165) is 71.3 Å². The van der Waals surface area contributed by atoms with Crippen LogP contribution in [-0.4, -0.2) is 42.3 Å². The van der Waals surface area contributed by atoms with E-state index in [2.05, 4.69) is 48.6 Å². The molecule has 3 aromatic rings. The van der Waals surface area contributed by atoms with Crippen molar-refractivity contribution in [3.05, 3.63) is 119 Å². The minimum Gasteiger partial charge on any atom is -0.497 e. The third kappa shape index (κ3) is 7.54. The van der Waals surface area contributed by atoms with E-state index < -0.39 is 5.60 Å². The zero-order valence-corrected chi connectivity index (χ0v) is 25.6. The maximum atomic E-state index is 12.1. The molecule has 0 saturated carbocycles. The summed E-state index contributed by atoms with van der Waals surface area (Å²) in [6.07, 6.45) is 8.37.